The highest BCUT2D eigenvalue weighted by Gasteiger charge is 2.33. The average molecular weight is 336 g/mol. The van der Waals surface area contributed by atoms with Gasteiger partial charge < -0.3 is 4.98 Å². The molecule has 4 rings (SSSR count). The molecule has 0 aromatic carbocycles. The fourth-order valence-corrected chi connectivity index (χ4v) is 3.43. The van der Waals surface area contributed by atoms with Crippen LogP contribution in [0.1, 0.15) is 55.2 Å². The molecule has 6 nitrogen and oxygen atoms in total. The normalized spacial score (nSPS) is 18.3. The van der Waals surface area contributed by atoms with Gasteiger partial charge in [-0.15, -0.1) is 0 Å². The van der Waals surface area contributed by atoms with E-state index in [9.17, 15) is 0 Å². The minimum absolute atomic E-state index is 0.0198. The summed E-state index contributed by atoms with van der Waals surface area (Å²) in [5, 5.41) is 7.83. The van der Waals surface area contributed by atoms with Crippen molar-refractivity contribution < 1.29 is 0 Å². The van der Waals surface area contributed by atoms with Gasteiger partial charge in [0.25, 0.3) is 0 Å². The van der Waals surface area contributed by atoms with E-state index in [1.807, 2.05) is 18.5 Å². The number of imidazole rings is 1. The van der Waals surface area contributed by atoms with Crippen LogP contribution in [-0.4, -0.2) is 36.6 Å². The lowest BCUT2D eigenvalue weighted by Gasteiger charge is -2.34. The minimum atomic E-state index is 0.0198. The average Bonchev–Trinajstić information content (AvgIpc) is 3.24. The maximum Gasteiger partial charge on any atom is 0.0965 e. The van der Waals surface area contributed by atoms with Crippen molar-refractivity contribution >= 4 is 0 Å². The van der Waals surface area contributed by atoms with Gasteiger partial charge in [0, 0.05) is 43.0 Å². The molecule has 6 heteroatoms. The molecule has 3 aromatic heterocycles. The van der Waals surface area contributed by atoms with E-state index in [0.717, 1.165) is 36.6 Å². The molecule has 0 saturated heterocycles. The standard InChI is InChI=1S/C19H24N6/c1-19(2,3)16-9-15(23-24-16)18-17-14(21-12-22-17)6-8-25(18)11-13-5-4-7-20-10-13/h4-5,7,9-10,12,18H,6,8,11H2,1-3H3,(H,21,22)(H,23,24)/t18-/m1/s1. The van der Waals surface area contributed by atoms with Crippen LogP contribution in [0, 0.1) is 0 Å². The SMILES string of the molecule is CC(C)(C)c1cc([C@@H]2c3nc[nH]c3CCN2Cc2cccnc2)[nH]n1. The van der Waals surface area contributed by atoms with Crippen LogP contribution in [0.5, 0.6) is 0 Å². The number of pyridine rings is 1. The first-order valence-corrected chi connectivity index (χ1v) is 8.73. The molecule has 1 atom stereocenters. The zero-order valence-corrected chi connectivity index (χ0v) is 15.0. The first-order valence-electron chi connectivity index (χ1n) is 8.73. The fourth-order valence-electron chi connectivity index (χ4n) is 3.43. The molecule has 0 radical (unpaired) electrons. The summed E-state index contributed by atoms with van der Waals surface area (Å²) in [5.41, 5.74) is 5.72. The zero-order chi connectivity index (χ0) is 17.4. The number of H-pyrrole nitrogens is 2. The van der Waals surface area contributed by atoms with Gasteiger partial charge in [0.15, 0.2) is 0 Å². The Kier molecular flexibility index (Phi) is 3.92. The molecular weight excluding hydrogens is 312 g/mol. The summed E-state index contributed by atoms with van der Waals surface area (Å²) >= 11 is 0. The third-order valence-electron chi connectivity index (χ3n) is 4.79. The second kappa shape index (κ2) is 6.11. The molecule has 130 valence electrons. The summed E-state index contributed by atoms with van der Waals surface area (Å²) in [6.07, 6.45) is 6.52. The van der Waals surface area contributed by atoms with Crippen molar-refractivity contribution in [2.24, 2.45) is 0 Å². The first-order chi connectivity index (χ1) is 12.0. The van der Waals surface area contributed by atoms with Crippen LogP contribution in [0.25, 0.3) is 0 Å². The lowest BCUT2D eigenvalue weighted by atomic mass is 9.91. The Bertz CT molecular complexity index is 842. The van der Waals surface area contributed by atoms with Crippen LogP contribution in [0.15, 0.2) is 36.9 Å². The molecule has 0 saturated carbocycles. The summed E-state index contributed by atoms with van der Waals surface area (Å²) in [7, 11) is 0. The first kappa shape index (κ1) is 16.0. The van der Waals surface area contributed by atoms with Crippen molar-refractivity contribution in [1.82, 2.24) is 30.0 Å². The molecule has 1 aliphatic heterocycles. The number of rotatable bonds is 3. The predicted molar refractivity (Wildman–Crippen MR) is 96.1 cm³/mol. The van der Waals surface area contributed by atoms with Crippen LogP contribution < -0.4 is 0 Å². The van der Waals surface area contributed by atoms with Crippen LogP contribution in [0.3, 0.4) is 0 Å². The summed E-state index contributed by atoms with van der Waals surface area (Å²) < 4.78 is 0. The molecule has 0 fully saturated rings. The van der Waals surface area contributed by atoms with E-state index in [1.54, 1.807) is 6.33 Å². The number of nitrogens with one attached hydrogen (secondary N) is 2. The second-order valence-corrected chi connectivity index (χ2v) is 7.71. The van der Waals surface area contributed by atoms with Crippen molar-refractivity contribution in [3.8, 4) is 0 Å². The van der Waals surface area contributed by atoms with Gasteiger partial charge in [0.1, 0.15) is 0 Å². The van der Waals surface area contributed by atoms with Crippen molar-refractivity contribution in [3.05, 3.63) is 65.3 Å². The zero-order valence-electron chi connectivity index (χ0n) is 15.0. The van der Waals surface area contributed by atoms with Gasteiger partial charge in [0.05, 0.1) is 29.5 Å². The summed E-state index contributed by atoms with van der Waals surface area (Å²) in [6.45, 7) is 8.36. The lowest BCUT2D eigenvalue weighted by molar-refractivity contribution is 0.196. The van der Waals surface area contributed by atoms with E-state index >= 15 is 0 Å². The largest absolute Gasteiger partial charge is 0.348 e. The summed E-state index contributed by atoms with van der Waals surface area (Å²) in [6, 6.07) is 6.38. The van der Waals surface area contributed by atoms with E-state index in [1.165, 1.54) is 11.3 Å². The smallest absolute Gasteiger partial charge is 0.0965 e. The number of aromatic nitrogens is 5. The molecule has 0 bridgehead atoms. The molecule has 0 amide bonds. The number of fused-ring (bicyclic) bond motifs is 1. The topological polar surface area (TPSA) is 73.5 Å². The molecule has 4 heterocycles. The van der Waals surface area contributed by atoms with Crippen LogP contribution in [0.2, 0.25) is 0 Å². The Balaban J connectivity index is 1.71. The highest BCUT2D eigenvalue weighted by atomic mass is 15.2. The van der Waals surface area contributed by atoms with Crippen molar-refractivity contribution in [3.63, 3.8) is 0 Å². The van der Waals surface area contributed by atoms with E-state index in [0.29, 0.717) is 0 Å². The third kappa shape index (κ3) is 3.09. The van der Waals surface area contributed by atoms with E-state index in [2.05, 4.69) is 63.0 Å². The van der Waals surface area contributed by atoms with Gasteiger partial charge in [-0.05, 0) is 17.7 Å². The van der Waals surface area contributed by atoms with Gasteiger partial charge in [0.2, 0.25) is 0 Å². The molecule has 1 aliphatic rings. The van der Waals surface area contributed by atoms with Gasteiger partial charge in [-0.3, -0.25) is 15.0 Å². The minimum Gasteiger partial charge on any atom is -0.348 e. The molecule has 2 N–H and O–H groups in total. The van der Waals surface area contributed by atoms with Gasteiger partial charge in [-0.25, -0.2) is 4.98 Å². The van der Waals surface area contributed by atoms with Crippen molar-refractivity contribution in [1.29, 1.82) is 0 Å². The van der Waals surface area contributed by atoms with E-state index < -0.39 is 0 Å². The quantitative estimate of drug-likeness (QED) is 0.771. The second-order valence-electron chi connectivity index (χ2n) is 7.71. The van der Waals surface area contributed by atoms with E-state index in [-0.39, 0.29) is 11.5 Å². The Labute approximate surface area is 147 Å². The van der Waals surface area contributed by atoms with Crippen molar-refractivity contribution in [2.75, 3.05) is 6.54 Å². The third-order valence-corrected chi connectivity index (χ3v) is 4.79. The Morgan fingerprint density at radius 3 is 2.92 bits per heavy atom. The van der Waals surface area contributed by atoms with E-state index in [4.69, 9.17) is 0 Å². The molecule has 3 aromatic rings. The monoisotopic (exact) mass is 336 g/mol. The number of aromatic amines is 2. The van der Waals surface area contributed by atoms with Gasteiger partial charge >= 0.3 is 0 Å². The predicted octanol–water partition coefficient (Wildman–Crippen LogP) is 2.97. The fraction of sp³-hybridized carbons (Fsp3) is 0.421. The van der Waals surface area contributed by atoms with Crippen LogP contribution >= 0.6 is 0 Å². The number of hydrogen-bond acceptors (Lipinski definition) is 4. The highest BCUT2D eigenvalue weighted by molar-refractivity contribution is 5.31. The van der Waals surface area contributed by atoms with Crippen LogP contribution in [-0.2, 0) is 18.4 Å². The summed E-state index contributed by atoms with van der Waals surface area (Å²) in [5.74, 6) is 0. The van der Waals surface area contributed by atoms with Crippen molar-refractivity contribution in [2.45, 2.75) is 45.2 Å². The molecular formula is C19H24N6. The number of nitrogens with zero attached hydrogens (tertiary/aromatic N) is 4. The van der Waals surface area contributed by atoms with Gasteiger partial charge in [-0.1, -0.05) is 26.8 Å². The highest BCUT2D eigenvalue weighted by Crippen LogP contribution is 2.34. The van der Waals surface area contributed by atoms with Gasteiger partial charge in [-0.2, -0.15) is 5.10 Å². The Hall–Kier alpha value is -2.47. The molecule has 0 aliphatic carbocycles. The molecule has 0 unspecified atom stereocenters. The maximum atomic E-state index is 4.62. The maximum absolute atomic E-state index is 4.62. The lowest BCUT2D eigenvalue weighted by Crippen LogP contribution is -2.36. The Morgan fingerprint density at radius 1 is 1.32 bits per heavy atom. The molecule has 25 heavy (non-hydrogen) atoms. The molecule has 0 spiro atoms. The summed E-state index contributed by atoms with van der Waals surface area (Å²) in [4.78, 5) is 14.6. The Morgan fingerprint density at radius 2 is 2.20 bits per heavy atom. The van der Waals surface area contributed by atoms with Crippen LogP contribution in [0.4, 0.5) is 0 Å². The number of hydrogen-bond donors (Lipinski definition) is 2.